The Morgan fingerprint density at radius 1 is 1.17 bits per heavy atom. The molecule has 1 aliphatic rings. The standard InChI is InChI=1S/C16H14F2N2O3S/c1-10-5-2-3-6-11(10)15-14(21)12-7-4-8-19-16(12)20(9-13(17)18)24(15,22)23/h2-8,13,21H,9H2,1H3. The van der Waals surface area contributed by atoms with Crippen LogP contribution >= 0.6 is 0 Å². The van der Waals surface area contributed by atoms with E-state index >= 15 is 0 Å². The number of sulfonamides is 1. The molecule has 0 fully saturated rings. The topological polar surface area (TPSA) is 70.5 Å². The number of hydrogen-bond donors (Lipinski definition) is 1. The van der Waals surface area contributed by atoms with Gasteiger partial charge < -0.3 is 5.11 Å². The van der Waals surface area contributed by atoms with Gasteiger partial charge in [-0.1, -0.05) is 24.3 Å². The third-order valence-corrected chi connectivity index (χ3v) is 5.57. The first-order valence-electron chi connectivity index (χ1n) is 7.09. The minimum Gasteiger partial charge on any atom is -0.506 e. The van der Waals surface area contributed by atoms with Crippen molar-refractivity contribution >= 4 is 26.5 Å². The van der Waals surface area contributed by atoms with Crippen molar-refractivity contribution < 1.29 is 22.3 Å². The number of rotatable bonds is 3. The summed E-state index contributed by atoms with van der Waals surface area (Å²) in [6, 6.07) is 9.50. The molecule has 1 aromatic carbocycles. The summed E-state index contributed by atoms with van der Waals surface area (Å²) >= 11 is 0. The van der Waals surface area contributed by atoms with Crippen LogP contribution in [0, 0.1) is 6.92 Å². The second-order valence-corrected chi connectivity index (χ2v) is 7.09. The molecule has 126 valence electrons. The number of aromatic nitrogens is 1. The second-order valence-electron chi connectivity index (χ2n) is 5.29. The number of halogens is 2. The lowest BCUT2D eigenvalue weighted by molar-refractivity contribution is 0.159. The van der Waals surface area contributed by atoms with Gasteiger partial charge in [0.05, 0.1) is 12.1 Å². The number of anilines is 1. The van der Waals surface area contributed by atoms with Crippen molar-refractivity contribution in [3.05, 3.63) is 59.3 Å². The number of aliphatic hydroxyl groups is 1. The molecule has 2 heterocycles. The van der Waals surface area contributed by atoms with Gasteiger partial charge in [0.25, 0.3) is 16.4 Å². The zero-order valence-electron chi connectivity index (χ0n) is 12.6. The van der Waals surface area contributed by atoms with Crippen LogP contribution in [-0.4, -0.2) is 31.5 Å². The van der Waals surface area contributed by atoms with Gasteiger partial charge in [0, 0.05) is 11.8 Å². The number of fused-ring (bicyclic) bond motifs is 1. The molecule has 0 unspecified atom stereocenters. The molecule has 0 aliphatic carbocycles. The number of aryl methyl sites for hydroxylation is 1. The Labute approximate surface area is 137 Å². The summed E-state index contributed by atoms with van der Waals surface area (Å²) in [7, 11) is -4.38. The molecule has 0 saturated heterocycles. The number of alkyl halides is 2. The van der Waals surface area contributed by atoms with E-state index in [-0.39, 0.29) is 21.8 Å². The molecule has 24 heavy (non-hydrogen) atoms. The van der Waals surface area contributed by atoms with Crippen LogP contribution in [0.25, 0.3) is 10.7 Å². The van der Waals surface area contributed by atoms with Crippen LogP contribution in [0.2, 0.25) is 0 Å². The van der Waals surface area contributed by atoms with Crippen molar-refractivity contribution in [3.8, 4) is 0 Å². The summed E-state index contributed by atoms with van der Waals surface area (Å²) in [4.78, 5) is 3.48. The largest absolute Gasteiger partial charge is 0.506 e. The summed E-state index contributed by atoms with van der Waals surface area (Å²) in [6.07, 6.45) is -1.59. The summed E-state index contributed by atoms with van der Waals surface area (Å²) < 4.78 is 52.3. The van der Waals surface area contributed by atoms with Crippen molar-refractivity contribution in [2.45, 2.75) is 13.3 Å². The van der Waals surface area contributed by atoms with Crippen LogP contribution in [0.5, 0.6) is 0 Å². The molecular weight excluding hydrogens is 338 g/mol. The lowest BCUT2D eigenvalue weighted by Gasteiger charge is -2.31. The maximum Gasteiger partial charge on any atom is 0.270 e. The van der Waals surface area contributed by atoms with Gasteiger partial charge in [0.2, 0.25) is 0 Å². The first-order chi connectivity index (χ1) is 11.3. The van der Waals surface area contributed by atoms with E-state index in [2.05, 4.69) is 4.98 Å². The van der Waals surface area contributed by atoms with Crippen molar-refractivity contribution in [2.75, 3.05) is 10.8 Å². The molecule has 8 heteroatoms. The van der Waals surface area contributed by atoms with Gasteiger partial charge in [-0.25, -0.2) is 26.5 Å². The van der Waals surface area contributed by atoms with E-state index in [0.29, 0.717) is 9.87 Å². The van der Waals surface area contributed by atoms with E-state index < -0.39 is 28.8 Å². The first kappa shape index (κ1) is 16.4. The summed E-state index contributed by atoms with van der Waals surface area (Å²) in [5.41, 5.74) is 0.974. The van der Waals surface area contributed by atoms with Gasteiger partial charge in [-0.2, -0.15) is 0 Å². The number of aliphatic hydroxyl groups excluding tert-OH is 1. The van der Waals surface area contributed by atoms with Gasteiger partial charge in [-0.15, -0.1) is 0 Å². The molecule has 0 saturated carbocycles. The van der Waals surface area contributed by atoms with Crippen LogP contribution in [-0.2, 0) is 10.0 Å². The monoisotopic (exact) mass is 352 g/mol. The Hall–Kier alpha value is -2.48. The number of nitrogens with zero attached hydrogens (tertiary/aromatic N) is 2. The lowest BCUT2D eigenvalue weighted by Crippen LogP contribution is -2.39. The first-order valence-corrected chi connectivity index (χ1v) is 8.53. The minimum atomic E-state index is -4.38. The number of hydrogen-bond acceptors (Lipinski definition) is 4. The Kier molecular flexibility index (Phi) is 4.00. The SMILES string of the molecule is Cc1ccccc1C1=C(O)c2cccnc2N(CC(F)F)S1(=O)=O. The molecule has 1 aromatic heterocycles. The van der Waals surface area contributed by atoms with E-state index in [4.69, 9.17) is 0 Å². The molecule has 0 radical (unpaired) electrons. The van der Waals surface area contributed by atoms with Gasteiger partial charge in [0.15, 0.2) is 5.82 Å². The maximum absolute atomic E-state index is 13.0. The molecule has 0 atom stereocenters. The van der Waals surface area contributed by atoms with Crippen LogP contribution in [0.4, 0.5) is 14.6 Å². The Morgan fingerprint density at radius 3 is 2.50 bits per heavy atom. The smallest absolute Gasteiger partial charge is 0.270 e. The van der Waals surface area contributed by atoms with Crippen LogP contribution in [0.15, 0.2) is 42.6 Å². The molecule has 1 aliphatic heterocycles. The number of pyridine rings is 1. The third-order valence-electron chi connectivity index (χ3n) is 3.73. The van der Waals surface area contributed by atoms with Crippen molar-refractivity contribution in [3.63, 3.8) is 0 Å². The van der Waals surface area contributed by atoms with Crippen molar-refractivity contribution in [1.82, 2.24) is 4.98 Å². The number of benzene rings is 1. The van der Waals surface area contributed by atoms with Crippen LogP contribution < -0.4 is 4.31 Å². The van der Waals surface area contributed by atoms with E-state index in [1.54, 1.807) is 25.1 Å². The summed E-state index contributed by atoms with van der Waals surface area (Å²) in [5.74, 6) is -0.689. The van der Waals surface area contributed by atoms with Crippen LogP contribution in [0.1, 0.15) is 16.7 Å². The fraction of sp³-hybridized carbons (Fsp3) is 0.188. The molecule has 2 aromatic rings. The molecule has 1 N–H and O–H groups in total. The van der Waals surface area contributed by atoms with E-state index in [9.17, 15) is 22.3 Å². The highest BCUT2D eigenvalue weighted by atomic mass is 32.2. The Bertz CT molecular complexity index is 926. The van der Waals surface area contributed by atoms with E-state index in [1.165, 1.54) is 24.4 Å². The molecule has 3 rings (SSSR count). The van der Waals surface area contributed by atoms with Gasteiger partial charge in [-0.3, -0.25) is 0 Å². The fourth-order valence-electron chi connectivity index (χ4n) is 2.65. The molecule has 0 spiro atoms. The Balaban J connectivity index is 2.34. The highest BCUT2D eigenvalue weighted by molar-refractivity contribution is 8.02. The zero-order chi connectivity index (χ0) is 17.5. The average Bonchev–Trinajstić information content (AvgIpc) is 2.53. The normalized spacial score (nSPS) is 16.4. The third kappa shape index (κ3) is 2.52. The van der Waals surface area contributed by atoms with E-state index in [0.717, 1.165) is 0 Å². The van der Waals surface area contributed by atoms with Gasteiger partial charge in [-0.05, 0) is 24.6 Å². The molecule has 0 amide bonds. The van der Waals surface area contributed by atoms with Gasteiger partial charge in [0.1, 0.15) is 10.7 Å². The summed E-state index contributed by atoms with van der Waals surface area (Å²) in [6.45, 7) is 0.649. The van der Waals surface area contributed by atoms with E-state index in [1.807, 2.05) is 0 Å². The maximum atomic E-state index is 13.0. The second kappa shape index (κ2) is 5.86. The predicted octanol–water partition coefficient (Wildman–Crippen LogP) is 3.19. The van der Waals surface area contributed by atoms with Crippen molar-refractivity contribution in [2.24, 2.45) is 0 Å². The highest BCUT2D eigenvalue weighted by Gasteiger charge is 2.40. The minimum absolute atomic E-state index is 0.103. The molecule has 0 bridgehead atoms. The lowest BCUT2D eigenvalue weighted by atomic mass is 10.1. The molecule has 5 nitrogen and oxygen atoms in total. The highest BCUT2D eigenvalue weighted by Crippen LogP contribution is 2.42. The fourth-order valence-corrected chi connectivity index (χ4v) is 4.42. The zero-order valence-corrected chi connectivity index (χ0v) is 13.5. The molecular formula is C16H14F2N2O3S. The van der Waals surface area contributed by atoms with Crippen molar-refractivity contribution in [1.29, 1.82) is 0 Å². The predicted molar refractivity (Wildman–Crippen MR) is 87.1 cm³/mol. The quantitative estimate of drug-likeness (QED) is 0.921. The van der Waals surface area contributed by atoms with Crippen LogP contribution in [0.3, 0.4) is 0 Å². The Morgan fingerprint density at radius 2 is 1.83 bits per heavy atom. The summed E-state index contributed by atoms with van der Waals surface area (Å²) in [5, 5.41) is 10.5. The van der Waals surface area contributed by atoms with Gasteiger partial charge >= 0.3 is 0 Å². The average molecular weight is 352 g/mol.